The number of carbonyl (C=O) groups is 2. The molecule has 2 amide bonds. The summed E-state index contributed by atoms with van der Waals surface area (Å²) < 4.78 is 14.6. The predicted molar refractivity (Wildman–Crippen MR) is 134 cm³/mol. The van der Waals surface area contributed by atoms with Crippen molar-refractivity contribution < 1.29 is 14.0 Å². The Hall–Kier alpha value is -3.47. The Labute approximate surface area is 201 Å². The molecule has 5 heteroatoms. The first-order valence-corrected chi connectivity index (χ1v) is 11.6. The number of carbonyl (C=O) groups excluding carboxylic acids is 2. The fraction of sp³-hybridized carbons (Fsp3) is 0.310. The molecule has 178 valence electrons. The number of rotatable bonds is 8. The van der Waals surface area contributed by atoms with Crippen molar-refractivity contribution in [1.82, 2.24) is 10.2 Å². The summed E-state index contributed by atoms with van der Waals surface area (Å²) in [4.78, 5) is 28.6. The van der Waals surface area contributed by atoms with Gasteiger partial charge in [0.15, 0.2) is 0 Å². The largest absolute Gasteiger partial charge is 0.350 e. The summed E-state index contributed by atoms with van der Waals surface area (Å²) in [5.41, 5.74) is 2.78. The lowest BCUT2D eigenvalue weighted by molar-refractivity contribution is -0.141. The van der Waals surface area contributed by atoms with Gasteiger partial charge in [0.05, 0.1) is 6.42 Å². The standard InChI is InChI=1S/C29H33FN2O2/c1-21-14-16-23(17-15-21)19-27(33)32(20-24-12-8-9-13-25(24)30)26(28(34)31-29(2,3)4)18-22-10-6-5-7-11-22/h5-17,26H,18-20H2,1-4H3,(H,31,34). The van der Waals surface area contributed by atoms with E-state index in [1.165, 1.54) is 11.0 Å². The van der Waals surface area contributed by atoms with Gasteiger partial charge in [-0.25, -0.2) is 4.39 Å². The predicted octanol–water partition coefficient (Wildman–Crippen LogP) is 5.23. The van der Waals surface area contributed by atoms with E-state index in [0.29, 0.717) is 12.0 Å². The van der Waals surface area contributed by atoms with Crippen molar-refractivity contribution in [2.75, 3.05) is 0 Å². The van der Waals surface area contributed by atoms with Crippen LogP contribution in [0.25, 0.3) is 0 Å². The third-order valence-electron chi connectivity index (χ3n) is 5.54. The molecule has 0 aliphatic carbocycles. The average molecular weight is 461 g/mol. The average Bonchev–Trinajstić information content (AvgIpc) is 2.78. The van der Waals surface area contributed by atoms with Crippen molar-refractivity contribution in [3.05, 3.63) is 107 Å². The van der Waals surface area contributed by atoms with Crippen molar-refractivity contribution in [3.63, 3.8) is 0 Å². The minimum atomic E-state index is -0.792. The van der Waals surface area contributed by atoms with E-state index in [1.807, 2.05) is 82.3 Å². The lowest BCUT2D eigenvalue weighted by Gasteiger charge is -2.34. The minimum absolute atomic E-state index is 0.00638. The van der Waals surface area contributed by atoms with Crippen LogP contribution in [0, 0.1) is 12.7 Å². The van der Waals surface area contributed by atoms with Crippen LogP contribution in [0.15, 0.2) is 78.9 Å². The smallest absolute Gasteiger partial charge is 0.243 e. The quantitative estimate of drug-likeness (QED) is 0.500. The van der Waals surface area contributed by atoms with E-state index in [0.717, 1.165) is 16.7 Å². The minimum Gasteiger partial charge on any atom is -0.350 e. The Morgan fingerprint density at radius 2 is 1.50 bits per heavy atom. The molecule has 4 nitrogen and oxygen atoms in total. The van der Waals surface area contributed by atoms with Gasteiger partial charge in [0.1, 0.15) is 11.9 Å². The second-order valence-electron chi connectivity index (χ2n) is 9.72. The number of hydrogen-bond acceptors (Lipinski definition) is 2. The van der Waals surface area contributed by atoms with E-state index in [4.69, 9.17) is 0 Å². The van der Waals surface area contributed by atoms with Gasteiger partial charge in [0.25, 0.3) is 0 Å². The number of hydrogen-bond donors (Lipinski definition) is 1. The summed E-state index contributed by atoms with van der Waals surface area (Å²) in [7, 11) is 0. The van der Waals surface area contributed by atoms with Gasteiger partial charge in [-0.15, -0.1) is 0 Å². The number of amides is 2. The maximum absolute atomic E-state index is 14.6. The lowest BCUT2D eigenvalue weighted by Crippen LogP contribution is -2.54. The monoisotopic (exact) mass is 460 g/mol. The maximum Gasteiger partial charge on any atom is 0.243 e. The van der Waals surface area contributed by atoms with Crippen LogP contribution >= 0.6 is 0 Å². The Morgan fingerprint density at radius 3 is 2.12 bits per heavy atom. The van der Waals surface area contributed by atoms with E-state index >= 15 is 0 Å². The molecular formula is C29H33FN2O2. The normalized spacial score (nSPS) is 12.1. The van der Waals surface area contributed by atoms with Crippen molar-refractivity contribution >= 4 is 11.8 Å². The van der Waals surface area contributed by atoms with Gasteiger partial charge in [-0.1, -0.05) is 78.4 Å². The first-order chi connectivity index (χ1) is 16.1. The molecule has 0 heterocycles. The van der Waals surface area contributed by atoms with Crippen LogP contribution in [-0.4, -0.2) is 28.3 Å². The topological polar surface area (TPSA) is 49.4 Å². The molecule has 3 rings (SSSR count). The number of nitrogens with zero attached hydrogens (tertiary/aromatic N) is 1. The van der Waals surface area contributed by atoms with Crippen molar-refractivity contribution in [1.29, 1.82) is 0 Å². The highest BCUT2D eigenvalue weighted by Gasteiger charge is 2.32. The molecule has 3 aromatic rings. The van der Waals surface area contributed by atoms with Gasteiger partial charge in [-0.3, -0.25) is 9.59 Å². The Balaban J connectivity index is 1.99. The van der Waals surface area contributed by atoms with Crippen LogP contribution in [0.1, 0.15) is 43.0 Å². The summed E-state index contributed by atoms with van der Waals surface area (Å²) in [5, 5.41) is 3.02. The fourth-order valence-electron chi connectivity index (χ4n) is 3.80. The summed E-state index contributed by atoms with van der Waals surface area (Å²) in [5.74, 6) is -0.882. The molecule has 0 aliphatic heterocycles. The molecule has 1 unspecified atom stereocenters. The molecule has 1 N–H and O–H groups in total. The summed E-state index contributed by atoms with van der Waals surface area (Å²) >= 11 is 0. The summed E-state index contributed by atoms with van der Waals surface area (Å²) in [6.07, 6.45) is 0.458. The van der Waals surface area contributed by atoms with Crippen LogP contribution in [0.2, 0.25) is 0 Å². The van der Waals surface area contributed by atoms with Gasteiger partial charge in [0, 0.05) is 24.1 Å². The Bertz CT molecular complexity index is 1100. The van der Waals surface area contributed by atoms with Gasteiger partial charge < -0.3 is 10.2 Å². The zero-order valence-corrected chi connectivity index (χ0v) is 20.3. The second kappa shape index (κ2) is 11.1. The zero-order valence-electron chi connectivity index (χ0n) is 20.3. The van der Waals surface area contributed by atoms with Crippen LogP contribution in [0.3, 0.4) is 0 Å². The van der Waals surface area contributed by atoms with Crippen LogP contribution in [0.5, 0.6) is 0 Å². The second-order valence-corrected chi connectivity index (χ2v) is 9.72. The molecule has 0 aromatic heterocycles. The first kappa shape index (κ1) is 25.2. The summed E-state index contributed by atoms with van der Waals surface area (Å²) in [6, 6.07) is 22.9. The van der Waals surface area contributed by atoms with E-state index in [2.05, 4.69) is 5.32 Å². The van der Waals surface area contributed by atoms with Crippen LogP contribution < -0.4 is 5.32 Å². The molecule has 34 heavy (non-hydrogen) atoms. The third-order valence-corrected chi connectivity index (χ3v) is 5.54. The van der Waals surface area contributed by atoms with Gasteiger partial charge in [-0.05, 0) is 44.9 Å². The molecule has 0 aliphatic rings. The lowest BCUT2D eigenvalue weighted by atomic mass is 9.99. The zero-order chi connectivity index (χ0) is 24.7. The molecule has 0 saturated heterocycles. The van der Waals surface area contributed by atoms with Crippen LogP contribution in [0.4, 0.5) is 4.39 Å². The SMILES string of the molecule is Cc1ccc(CC(=O)N(Cc2ccccc2F)C(Cc2ccccc2)C(=O)NC(C)(C)C)cc1. The van der Waals surface area contributed by atoms with E-state index in [-0.39, 0.29) is 24.8 Å². The number of nitrogens with one attached hydrogen (secondary N) is 1. The highest BCUT2D eigenvalue weighted by atomic mass is 19.1. The number of aryl methyl sites for hydroxylation is 1. The summed E-state index contributed by atoms with van der Waals surface area (Å²) in [6.45, 7) is 7.70. The van der Waals surface area contributed by atoms with Crippen molar-refractivity contribution in [2.24, 2.45) is 0 Å². The molecular weight excluding hydrogens is 427 g/mol. The Morgan fingerprint density at radius 1 is 0.882 bits per heavy atom. The fourth-order valence-corrected chi connectivity index (χ4v) is 3.80. The van der Waals surface area contributed by atoms with Gasteiger partial charge in [-0.2, -0.15) is 0 Å². The van der Waals surface area contributed by atoms with Gasteiger partial charge >= 0.3 is 0 Å². The van der Waals surface area contributed by atoms with E-state index < -0.39 is 17.4 Å². The Kier molecular flexibility index (Phi) is 8.21. The van der Waals surface area contributed by atoms with Crippen molar-refractivity contribution in [3.8, 4) is 0 Å². The maximum atomic E-state index is 14.6. The molecule has 1 atom stereocenters. The third kappa shape index (κ3) is 7.27. The van der Waals surface area contributed by atoms with Crippen molar-refractivity contribution in [2.45, 2.75) is 58.7 Å². The highest BCUT2D eigenvalue weighted by molar-refractivity contribution is 5.89. The number of halogens is 1. The molecule has 0 bridgehead atoms. The van der Waals surface area contributed by atoms with E-state index in [9.17, 15) is 14.0 Å². The highest BCUT2D eigenvalue weighted by Crippen LogP contribution is 2.19. The molecule has 0 fully saturated rings. The number of benzene rings is 3. The molecule has 0 spiro atoms. The molecule has 0 radical (unpaired) electrons. The molecule has 0 saturated carbocycles. The first-order valence-electron chi connectivity index (χ1n) is 11.6. The van der Waals surface area contributed by atoms with Gasteiger partial charge in [0.2, 0.25) is 11.8 Å². The van der Waals surface area contributed by atoms with Crippen LogP contribution in [-0.2, 0) is 29.0 Å². The van der Waals surface area contributed by atoms with E-state index in [1.54, 1.807) is 18.2 Å². The molecule has 3 aromatic carbocycles.